The van der Waals surface area contributed by atoms with Gasteiger partial charge in [-0.15, -0.1) is 0 Å². The first kappa shape index (κ1) is 18.0. The van der Waals surface area contributed by atoms with Crippen LogP contribution in [0.4, 0.5) is 0 Å². The summed E-state index contributed by atoms with van der Waals surface area (Å²) in [6.07, 6.45) is 3.01. The van der Waals surface area contributed by atoms with E-state index in [1.165, 1.54) is 11.1 Å². The van der Waals surface area contributed by atoms with Gasteiger partial charge in [-0.05, 0) is 48.1 Å². The Balaban J connectivity index is 1.48. The summed E-state index contributed by atoms with van der Waals surface area (Å²) in [4.78, 5) is 26.9. The Morgan fingerprint density at radius 3 is 2.76 bits per heavy atom. The minimum Gasteiger partial charge on any atom is -0.454 e. The first-order valence-corrected chi connectivity index (χ1v) is 10.2. The van der Waals surface area contributed by atoms with E-state index in [1.807, 2.05) is 35.2 Å². The normalized spacial score (nSPS) is 22.1. The second-order valence-electron chi connectivity index (χ2n) is 7.78. The van der Waals surface area contributed by atoms with E-state index in [0.717, 1.165) is 30.6 Å². The van der Waals surface area contributed by atoms with E-state index in [4.69, 9.17) is 14.2 Å². The van der Waals surface area contributed by atoms with Gasteiger partial charge in [0.15, 0.2) is 17.6 Å². The zero-order valence-electron chi connectivity index (χ0n) is 16.1. The molecule has 0 saturated carbocycles. The highest BCUT2D eigenvalue weighted by atomic mass is 16.7. The number of ether oxygens (including phenoxy) is 3. The van der Waals surface area contributed by atoms with Crippen molar-refractivity contribution in [3.8, 4) is 11.5 Å². The fourth-order valence-electron chi connectivity index (χ4n) is 4.51. The molecule has 3 aliphatic rings. The van der Waals surface area contributed by atoms with Crippen LogP contribution in [0.25, 0.3) is 0 Å². The summed E-state index contributed by atoms with van der Waals surface area (Å²) in [5, 5.41) is 0. The quantitative estimate of drug-likeness (QED) is 0.744. The number of carbonyl (C=O) groups is 2. The molecular weight excluding hydrogens is 370 g/mol. The summed E-state index contributed by atoms with van der Waals surface area (Å²) in [6, 6.07) is 14.1. The molecule has 2 atom stereocenters. The maximum absolute atomic E-state index is 13.4. The van der Waals surface area contributed by atoms with Crippen molar-refractivity contribution in [1.82, 2.24) is 4.90 Å². The number of esters is 1. The minimum atomic E-state index is -0.689. The van der Waals surface area contributed by atoms with Crippen molar-refractivity contribution in [3.63, 3.8) is 0 Å². The average Bonchev–Trinajstić information content (AvgIpc) is 3.39. The van der Waals surface area contributed by atoms with Crippen molar-refractivity contribution in [1.29, 1.82) is 0 Å². The van der Waals surface area contributed by atoms with E-state index in [0.29, 0.717) is 25.1 Å². The highest BCUT2D eigenvalue weighted by Crippen LogP contribution is 2.38. The molecule has 2 aliphatic heterocycles. The second-order valence-corrected chi connectivity index (χ2v) is 7.78. The van der Waals surface area contributed by atoms with Crippen molar-refractivity contribution in [2.24, 2.45) is 0 Å². The maximum Gasteiger partial charge on any atom is 0.306 e. The number of amides is 1. The number of hydrogen-bond acceptors (Lipinski definition) is 5. The fourth-order valence-corrected chi connectivity index (χ4v) is 4.51. The zero-order valence-corrected chi connectivity index (χ0v) is 16.1. The van der Waals surface area contributed by atoms with Crippen LogP contribution >= 0.6 is 0 Å². The SMILES string of the molecule is O=C1CC[C@@H](C(=O)N(Cc2ccc3c(c2)OCO3)[C@H]2CCCc3ccccc32)O1. The molecule has 2 aromatic carbocycles. The van der Waals surface area contributed by atoms with Crippen LogP contribution in [0.2, 0.25) is 0 Å². The molecule has 0 spiro atoms. The van der Waals surface area contributed by atoms with Gasteiger partial charge in [0.25, 0.3) is 5.91 Å². The Morgan fingerprint density at radius 1 is 1.03 bits per heavy atom. The molecule has 2 aromatic rings. The smallest absolute Gasteiger partial charge is 0.306 e. The number of aryl methyl sites for hydroxylation is 1. The molecule has 150 valence electrons. The van der Waals surface area contributed by atoms with Gasteiger partial charge in [0.2, 0.25) is 6.79 Å². The van der Waals surface area contributed by atoms with E-state index in [1.54, 1.807) is 0 Å². The molecule has 1 amide bonds. The van der Waals surface area contributed by atoms with Crippen molar-refractivity contribution >= 4 is 11.9 Å². The van der Waals surface area contributed by atoms with Gasteiger partial charge in [-0.2, -0.15) is 0 Å². The van der Waals surface area contributed by atoms with Gasteiger partial charge in [0.1, 0.15) is 0 Å². The lowest BCUT2D eigenvalue weighted by Gasteiger charge is -2.37. The van der Waals surface area contributed by atoms with Crippen molar-refractivity contribution in [2.45, 2.75) is 50.8 Å². The van der Waals surface area contributed by atoms with Gasteiger partial charge in [0.05, 0.1) is 6.04 Å². The van der Waals surface area contributed by atoms with E-state index in [-0.39, 0.29) is 24.7 Å². The first-order chi connectivity index (χ1) is 14.2. The van der Waals surface area contributed by atoms with Crippen LogP contribution in [0.15, 0.2) is 42.5 Å². The topological polar surface area (TPSA) is 65.1 Å². The van der Waals surface area contributed by atoms with Gasteiger partial charge in [-0.3, -0.25) is 9.59 Å². The van der Waals surface area contributed by atoms with Crippen LogP contribution in [-0.4, -0.2) is 29.7 Å². The van der Waals surface area contributed by atoms with Gasteiger partial charge < -0.3 is 19.1 Å². The van der Waals surface area contributed by atoms with Crippen LogP contribution in [0.1, 0.15) is 48.4 Å². The molecule has 29 heavy (non-hydrogen) atoms. The van der Waals surface area contributed by atoms with Crippen LogP contribution in [0.5, 0.6) is 11.5 Å². The highest BCUT2D eigenvalue weighted by molar-refractivity contribution is 5.87. The van der Waals surface area contributed by atoms with Gasteiger partial charge >= 0.3 is 5.97 Å². The number of cyclic esters (lactones) is 1. The van der Waals surface area contributed by atoms with Crippen LogP contribution < -0.4 is 9.47 Å². The zero-order chi connectivity index (χ0) is 19.8. The molecule has 1 saturated heterocycles. The summed E-state index contributed by atoms with van der Waals surface area (Å²) in [7, 11) is 0. The molecule has 0 bridgehead atoms. The number of carbonyl (C=O) groups excluding carboxylic acids is 2. The Morgan fingerprint density at radius 2 is 1.90 bits per heavy atom. The Kier molecular flexibility index (Phi) is 4.62. The predicted molar refractivity (Wildman–Crippen MR) is 104 cm³/mol. The monoisotopic (exact) mass is 393 g/mol. The molecule has 0 radical (unpaired) electrons. The molecule has 5 rings (SSSR count). The molecule has 6 nitrogen and oxygen atoms in total. The molecule has 2 heterocycles. The molecule has 1 fully saturated rings. The molecule has 6 heteroatoms. The van der Waals surface area contributed by atoms with Gasteiger partial charge in [-0.1, -0.05) is 30.3 Å². The summed E-state index contributed by atoms with van der Waals surface area (Å²) >= 11 is 0. The molecule has 0 aromatic heterocycles. The third-order valence-electron chi connectivity index (χ3n) is 5.95. The fraction of sp³-hybridized carbons (Fsp3) is 0.391. The Hall–Kier alpha value is -3.02. The lowest BCUT2D eigenvalue weighted by atomic mass is 9.86. The largest absolute Gasteiger partial charge is 0.454 e. The van der Waals surface area contributed by atoms with E-state index < -0.39 is 6.10 Å². The first-order valence-electron chi connectivity index (χ1n) is 10.2. The number of rotatable bonds is 4. The number of hydrogen-bond donors (Lipinski definition) is 0. The molecular formula is C23H23NO5. The Labute approximate surface area is 169 Å². The standard InChI is InChI=1S/C23H23NO5/c25-22-11-10-20(29-22)23(26)24(13-15-8-9-19-21(12-15)28-14-27-19)18-7-3-5-16-4-1-2-6-17(16)18/h1-2,4,6,8-9,12,18,20H,3,5,7,10-11,13-14H2/t18-,20-/m0/s1. The third-order valence-corrected chi connectivity index (χ3v) is 5.95. The number of fused-ring (bicyclic) bond motifs is 2. The van der Waals surface area contributed by atoms with E-state index in [2.05, 4.69) is 12.1 Å². The number of nitrogens with zero attached hydrogens (tertiary/aromatic N) is 1. The van der Waals surface area contributed by atoms with Crippen LogP contribution in [-0.2, 0) is 27.3 Å². The molecule has 0 unspecified atom stereocenters. The summed E-state index contributed by atoms with van der Waals surface area (Å²) in [6.45, 7) is 0.651. The van der Waals surface area contributed by atoms with Crippen molar-refractivity contribution < 1.29 is 23.8 Å². The Bertz CT molecular complexity index is 956. The van der Waals surface area contributed by atoms with Gasteiger partial charge in [0, 0.05) is 19.4 Å². The predicted octanol–water partition coefficient (Wildman–Crippen LogP) is 3.53. The number of benzene rings is 2. The maximum atomic E-state index is 13.4. The van der Waals surface area contributed by atoms with Gasteiger partial charge in [-0.25, -0.2) is 0 Å². The molecule has 0 N–H and O–H groups in total. The van der Waals surface area contributed by atoms with Crippen molar-refractivity contribution in [3.05, 3.63) is 59.2 Å². The van der Waals surface area contributed by atoms with Crippen LogP contribution in [0, 0.1) is 0 Å². The van der Waals surface area contributed by atoms with E-state index >= 15 is 0 Å². The van der Waals surface area contributed by atoms with E-state index in [9.17, 15) is 9.59 Å². The summed E-state index contributed by atoms with van der Waals surface area (Å²) in [5.41, 5.74) is 3.45. The van der Waals surface area contributed by atoms with Crippen LogP contribution in [0.3, 0.4) is 0 Å². The summed E-state index contributed by atoms with van der Waals surface area (Å²) in [5.74, 6) is 1.01. The highest BCUT2D eigenvalue weighted by Gasteiger charge is 2.37. The second kappa shape index (κ2) is 7.43. The summed E-state index contributed by atoms with van der Waals surface area (Å²) < 4.78 is 16.2. The van der Waals surface area contributed by atoms with Crippen molar-refractivity contribution in [2.75, 3.05) is 6.79 Å². The lowest BCUT2D eigenvalue weighted by molar-refractivity contribution is -0.155. The lowest BCUT2D eigenvalue weighted by Crippen LogP contribution is -2.42. The minimum absolute atomic E-state index is 0.0304. The average molecular weight is 393 g/mol. The third kappa shape index (κ3) is 3.43. The molecule has 1 aliphatic carbocycles.